The van der Waals surface area contributed by atoms with Crippen LogP contribution in [0.4, 0.5) is 13.2 Å². The lowest BCUT2D eigenvalue weighted by molar-refractivity contribution is -0.137. The van der Waals surface area contributed by atoms with Crippen molar-refractivity contribution in [1.29, 1.82) is 0 Å². The fourth-order valence-electron chi connectivity index (χ4n) is 2.78. The van der Waals surface area contributed by atoms with Crippen molar-refractivity contribution in [2.75, 3.05) is 0 Å². The molecule has 0 fully saturated rings. The van der Waals surface area contributed by atoms with E-state index < -0.39 is 11.7 Å². The van der Waals surface area contributed by atoms with Crippen molar-refractivity contribution in [2.45, 2.75) is 6.18 Å². The lowest BCUT2D eigenvalue weighted by Gasteiger charge is -2.13. The third-order valence-electron chi connectivity index (χ3n) is 3.89. The highest BCUT2D eigenvalue weighted by atomic mass is 35.5. The Labute approximate surface area is 139 Å². The second kappa shape index (κ2) is 5.21. The van der Waals surface area contributed by atoms with Crippen molar-refractivity contribution in [3.8, 4) is 11.1 Å². The van der Waals surface area contributed by atoms with E-state index in [0.29, 0.717) is 32.7 Å². The lowest BCUT2D eigenvalue weighted by Crippen LogP contribution is -2.05. The Morgan fingerprint density at radius 3 is 2.50 bits per heavy atom. The third-order valence-corrected chi connectivity index (χ3v) is 4.21. The second-order valence-electron chi connectivity index (χ2n) is 5.33. The standard InChI is InChI=1S/C17H9ClF3N3/c18-14-4-2-1-3-11(14)12-8-16-23-22-9-24(16)15-6-5-10(7-13(12)15)17(19,20)21/h1-9H. The molecule has 0 spiro atoms. The molecule has 3 nitrogen and oxygen atoms in total. The minimum Gasteiger partial charge on any atom is -0.281 e. The maximum Gasteiger partial charge on any atom is 0.416 e. The van der Waals surface area contributed by atoms with Gasteiger partial charge in [-0.25, -0.2) is 0 Å². The van der Waals surface area contributed by atoms with Crippen molar-refractivity contribution < 1.29 is 13.2 Å². The van der Waals surface area contributed by atoms with Crippen LogP contribution in [0.2, 0.25) is 5.02 Å². The fraction of sp³-hybridized carbons (Fsp3) is 0.0588. The molecule has 0 aliphatic carbocycles. The van der Waals surface area contributed by atoms with Crippen LogP contribution in [0, 0.1) is 0 Å². The smallest absolute Gasteiger partial charge is 0.281 e. The molecule has 120 valence electrons. The molecule has 4 rings (SSSR count). The van der Waals surface area contributed by atoms with Crippen molar-refractivity contribution in [1.82, 2.24) is 14.6 Å². The van der Waals surface area contributed by atoms with E-state index in [-0.39, 0.29) is 0 Å². The van der Waals surface area contributed by atoms with Crippen LogP contribution in [0.3, 0.4) is 0 Å². The van der Waals surface area contributed by atoms with Gasteiger partial charge in [-0.15, -0.1) is 10.2 Å². The highest BCUT2D eigenvalue weighted by molar-refractivity contribution is 6.33. The molecule has 0 aliphatic heterocycles. The molecule has 2 heterocycles. The molecule has 0 aliphatic rings. The number of hydrogen-bond acceptors (Lipinski definition) is 2. The molecule has 0 amide bonds. The predicted molar refractivity (Wildman–Crippen MR) is 85.9 cm³/mol. The Kier molecular flexibility index (Phi) is 3.25. The summed E-state index contributed by atoms with van der Waals surface area (Å²) in [5.41, 5.74) is 1.64. The van der Waals surface area contributed by atoms with Crippen LogP contribution in [-0.4, -0.2) is 14.6 Å². The summed E-state index contributed by atoms with van der Waals surface area (Å²) in [5.74, 6) is 0. The molecule has 24 heavy (non-hydrogen) atoms. The van der Waals surface area contributed by atoms with Crippen molar-refractivity contribution in [2.24, 2.45) is 0 Å². The number of rotatable bonds is 1. The van der Waals surface area contributed by atoms with E-state index in [1.165, 1.54) is 12.4 Å². The number of aromatic nitrogens is 3. The zero-order valence-corrected chi connectivity index (χ0v) is 12.8. The van der Waals surface area contributed by atoms with Gasteiger partial charge in [-0.05, 0) is 35.9 Å². The van der Waals surface area contributed by atoms with Crippen LogP contribution in [0.25, 0.3) is 27.7 Å². The fourth-order valence-corrected chi connectivity index (χ4v) is 3.01. The third kappa shape index (κ3) is 2.30. The summed E-state index contributed by atoms with van der Waals surface area (Å²) in [5, 5.41) is 8.73. The van der Waals surface area contributed by atoms with Gasteiger partial charge in [0.05, 0.1) is 11.1 Å². The first-order valence-corrected chi connectivity index (χ1v) is 7.41. The van der Waals surface area contributed by atoms with Gasteiger partial charge < -0.3 is 0 Å². The van der Waals surface area contributed by atoms with E-state index in [2.05, 4.69) is 10.2 Å². The maximum absolute atomic E-state index is 13.1. The number of benzene rings is 2. The molecule has 0 bridgehead atoms. The minimum atomic E-state index is -4.42. The predicted octanol–water partition coefficient (Wildman–Crippen LogP) is 5.22. The Morgan fingerprint density at radius 2 is 1.75 bits per heavy atom. The van der Waals surface area contributed by atoms with E-state index in [1.54, 1.807) is 34.7 Å². The van der Waals surface area contributed by atoms with Crippen LogP contribution in [-0.2, 0) is 6.18 Å². The normalized spacial score (nSPS) is 12.2. The SMILES string of the molecule is FC(F)(F)c1ccc2c(c1)c(-c1ccccc1Cl)cc1nncn12. The molecule has 0 atom stereocenters. The van der Waals surface area contributed by atoms with E-state index in [4.69, 9.17) is 11.6 Å². The van der Waals surface area contributed by atoms with Gasteiger partial charge in [0.25, 0.3) is 0 Å². The molecule has 2 aromatic carbocycles. The van der Waals surface area contributed by atoms with Gasteiger partial charge >= 0.3 is 6.18 Å². The minimum absolute atomic E-state index is 0.435. The van der Waals surface area contributed by atoms with Crippen molar-refractivity contribution in [3.63, 3.8) is 0 Å². The Bertz CT molecular complexity index is 1070. The quantitative estimate of drug-likeness (QED) is 0.472. The average Bonchev–Trinajstić information content (AvgIpc) is 3.02. The summed E-state index contributed by atoms with van der Waals surface area (Å²) in [4.78, 5) is 0. The molecule has 0 unspecified atom stereocenters. The van der Waals surface area contributed by atoms with Crippen LogP contribution in [0.5, 0.6) is 0 Å². The van der Waals surface area contributed by atoms with Crippen LogP contribution in [0.1, 0.15) is 5.56 Å². The largest absolute Gasteiger partial charge is 0.416 e. The van der Waals surface area contributed by atoms with Gasteiger partial charge in [0.15, 0.2) is 5.65 Å². The summed E-state index contributed by atoms with van der Waals surface area (Å²) >= 11 is 6.25. The Hall–Kier alpha value is -2.60. The summed E-state index contributed by atoms with van der Waals surface area (Å²) in [6, 6.07) is 12.3. The van der Waals surface area contributed by atoms with Gasteiger partial charge in [-0.1, -0.05) is 29.8 Å². The van der Waals surface area contributed by atoms with Crippen LogP contribution < -0.4 is 0 Å². The van der Waals surface area contributed by atoms with E-state index in [0.717, 1.165) is 12.1 Å². The molecule has 0 saturated carbocycles. The number of fused-ring (bicyclic) bond motifs is 3. The van der Waals surface area contributed by atoms with Crippen LogP contribution >= 0.6 is 11.6 Å². The number of halogens is 4. The van der Waals surface area contributed by atoms with Crippen LogP contribution in [0.15, 0.2) is 54.9 Å². The average molecular weight is 348 g/mol. The number of pyridine rings is 1. The van der Waals surface area contributed by atoms with Gasteiger partial charge in [0, 0.05) is 16.0 Å². The maximum atomic E-state index is 13.1. The first-order chi connectivity index (χ1) is 11.4. The summed E-state index contributed by atoms with van der Waals surface area (Å²) in [6.45, 7) is 0. The first-order valence-electron chi connectivity index (χ1n) is 7.04. The molecule has 2 aromatic heterocycles. The number of nitrogens with zero attached hydrogens (tertiary/aromatic N) is 3. The summed E-state index contributed by atoms with van der Waals surface area (Å²) in [7, 11) is 0. The highest BCUT2D eigenvalue weighted by Crippen LogP contribution is 2.37. The molecular weight excluding hydrogens is 339 g/mol. The van der Waals surface area contributed by atoms with E-state index >= 15 is 0 Å². The second-order valence-corrected chi connectivity index (χ2v) is 5.73. The summed E-state index contributed by atoms with van der Waals surface area (Å²) in [6.07, 6.45) is -2.95. The van der Waals surface area contributed by atoms with Gasteiger partial charge in [0.1, 0.15) is 6.33 Å². The Morgan fingerprint density at radius 1 is 0.958 bits per heavy atom. The molecule has 4 aromatic rings. The molecular formula is C17H9ClF3N3. The molecule has 0 N–H and O–H groups in total. The zero-order valence-electron chi connectivity index (χ0n) is 12.0. The van der Waals surface area contributed by atoms with E-state index in [1.807, 2.05) is 0 Å². The number of alkyl halides is 3. The molecule has 0 saturated heterocycles. The van der Waals surface area contributed by atoms with Gasteiger partial charge in [0.2, 0.25) is 0 Å². The van der Waals surface area contributed by atoms with Crippen molar-refractivity contribution in [3.05, 3.63) is 65.4 Å². The van der Waals surface area contributed by atoms with Gasteiger partial charge in [-0.2, -0.15) is 13.2 Å². The van der Waals surface area contributed by atoms with Crippen molar-refractivity contribution >= 4 is 28.2 Å². The summed E-state index contributed by atoms with van der Waals surface area (Å²) < 4.78 is 41.0. The monoisotopic (exact) mass is 347 g/mol. The van der Waals surface area contributed by atoms with E-state index in [9.17, 15) is 13.2 Å². The first kappa shape index (κ1) is 15.0. The van der Waals surface area contributed by atoms with Gasteiger partial charge in [-0.3, -0.25) is 4.40 Å². The number of hydrogen-bond donors (Lipinski definition) is 0. The Balaban J connectivity index is 2.14. The molecule has 7 heteroatoms. The topological polar surface area (TPSA) is 30.2 Å². The molecule has 0 radical (unpaired) electrons. The lowest BCUT2D eigenvalue weighted by atomic mass is 9.99. The highest BCUT2D eigenvalue weighted by Gasteiger charge is 2.31. The zero-order chi connectivity index (χ0) is 16.9.